The Bertz CT molecular complexity index is 1070. The van der Waals surface area contributed by atoms with Crippen LogP contribution in [-0.4, -0.2) is 15.3 Å². The maximum Gasteiger partial charge on any atom is 0.350 e. The molecule has 0 atom stereocenters. The summed E-state index contributed by atoms with van der Waals surface area (Å²) in [6, 6.07) is 4.90. The van der Waals surface area contributed by atoms with Crippen LogP contribution in [0.1, 0.15) is 0 Å². The fraction of sp³-hybridized carbons (Fsp3) is 0.125. The first kappa shape index (κ1) is 15.4. The van der Waals surface area contributed by atoms with Gasteiger partial charge in [-0.3, -0.25) is 4.57 Å². The summed E-state index contributed by atoms with van der Waals surface area (Å²) in [6.07, 6.45) is 0. The third-order valence-electron chi connectivity index (χ3n) is 3.96. The van der Waals surface area contributed by atoms with Crippen LogP contribution in [0.3, 0.4) is 0 Å². The minimum absolute atomic E-state index is 0.0861. The third-order valence-corrected chi connectivity index (χ3v) is 5.33. The molecule has 2 aromatic carbocycles. The standard InChI is InChI=1S/C16H10ClF2N3OS/c17-10-6-9-13-14(12(10)8-2-1-7(18)5-11(8)19)24-4-3-22(13)16(23)21-15(9)20/h1-2,5-6H,3-4H2,(H2,20,21,23). The second kappa shape index (κ2) is 5.46. The average molecular weight is 366 g/mol. The van der Waals surface area contributed by atoms with Gasteiger partial charge in [-0.05, 0) is 18.2 Å². The highest BCUT2D eigenvalue weighted by Crippen LogP contribution is 2.45. The Morgan fingerprint density at radius 3 is 2.83 bits per heavy atom. The summed E-state index contributed by atoms with van der Waals surface area (Å²) in [5, 5.41) is 0.823. The van der Waals surface area contributed by atoms with Crippen molar-refractivity contribution in [1.82, 2.24) is 9.55 Å². The van der Waals surface area contributed by atoms with E-state index >= 15 is 0 Å². The van der Waals surface area contributed by atoms with Crippen LogP contribution in [0.25, 0.3) is 22.0 Å². The maximum atomic E-state index is 14.3. The van der Waals surface area contributed by atoms with E-state index in [-0.39, 0.29) is 16.4 Å². The van der Waals surface area contributed by atoms with E-state index in [9.17, 15) is 13.6 Å². The number of aromatic nitrogens is 2. The fourth-order valence-corrected chi connectivity index (χ4v) is 4.49. The number of hydrogen-bond donors (Lipinski definition) is 1. The van der Waals surface area contributed by atoms with Crippen LogP contribution < -0.4 is 11.4 Å². The molecule has 2 N–H and O–H groups in total. The molecule has 0 fully saturated rings. The van der Waals surface area contributed by atoms with E-state index in [4.69, 9.17) is 17.3 Å². The molecule has 3 aromatic rings. The number of benzene rings is 2. The molecule has 4 nitrogen and oxygen atoms in total. The van der Waals surface area contributed by atoms with Crippen LogP contribution in [0.2, 0.25) is 5.02 Å². The van der Waals surface area contributed by atoms with Gasteiger partial charge in [0.1, 0.15) is 17.5 Å². The molecule has 0 saturated carbocycles. The van der Waals surface area contributed by atoms with Crippen LogP contribution in [0.15, 0.2) is 34.0 Å². The number of aryl methyl sites for hydroxylation is 1. The molecular weight excluding hydrogens is 356 g/mol. The predicted octanol–water partition coefficient (Wildman–Crippen LogP) is 3.68. The first-order valence-corrected chi connectivity index (χ1v) is 8.44. The molecule has 122 valence electrons. The van der Waals surface area contributed by atoms with E-state index in [1.165, 1.54) is 28.5 Å². The van der Waals surface area contributed by atoms with Crippen molar-refractivity contribution in [2.24, 2.45) is 0 Å². The highest BCUT2D eigenvalue weighted by atomic mass is 35.5. The van der Waals surface area contributed by atoms with Gasteiger partial charge >= 0.3 is 5.69 Å². The van der Waals surface area contributed by atoms with Crippen molar-refractivity contribution in [3.8, 4) is 11.1 Å². The van der Waals surface area contributed by atoms with Crippen LogP contribution in [-0.2, 0) is 6.54 Å². The van der Waals surface area contributed by atoms with E-state index in [2.05, 4.69) is 4.98 Å². The number of halogens is 3. The Hall–Kier alpha value is -2.12. The lowest BCUT2D eigenvalue weighted by Crippen LogP contribution is -2.27. The molecule has 8 heteroatoms. The summed E-state index contributed by atoms with van der Waals surface area (Å²) < 4.78 is 29.0. The Morgan fingerprint density at radius 1 is 1.29 bits per heavy atom. The Balaban J connectivity index is 2.17. The summed E-state index contributed by atoms with van der Waals surface area (Å²) in [4.78, 5) is 16.6. The second-order valence-corrected chi connectivity index (χ2v) is 6.87. The number of anilines is 1. The summed E-state index contributed by atoms with van der Waals surface area (Å²) in [5.41, 5.74) is 6.62. The zero-order chi connectivity index (χ0) is 17.0. The zero-order valence-electron chi connectivity index (χ0n) is 12.1. The molecule has 0 saturated heterocycles. The van der Waals surface area contributed by atoms with Crippen LogP contribution in [0, 0.1) is 11.6 Å². The fourth-order valence-electron chi connectivity index (χ4n) is 2.93. The largest absolute Gasteiger partial charge is 0.383 e. The topological polar surface area (TPSA) is 60.9 Å². The lowest BCUT2D eigenvalue weighted by Gasteiger charge is -2.23. The van der Waals surface area contributed by atoms with Gasteiger partial charge in [-0.25, -0.2) is 13.6 Å². The summed E-state index contributed by atoms with van der Waals surface area (Å²) >= 11 is 7.84. The minimum atomic E-state index is -0.713. The van der Waals surface area contributed by atoms with Gasteiger partial charge in [-0.2, -0.15) is 4.98 Å². The van der Waals surface area contributed by atoms with Crippen molar-refractivity contribution in [3.05, 3.63) is 51.4 Å². The van der Waals surface area contributed by atoms with Gasteiger partial charge in [0.2, 0.25) is 0 Å². The molecule has 0 amide bonds. The van der Waals surface area contributed by atoms with Crippen molar-refractivity contribution in [2.45, 2.75) is 11.4 Å². The first-order valence-electron chi connectivity index (χ1n) is 7.08. The molecule has 1 aliphatic rings. The number of nitrogen functional groups attached to an aromatic ring is 1. The van der Waals surface area contributed by atoms with Gasteiger partial charge in [0.05, 0.1) is 10.5 Å². The molecule has 0 radical (unpaired) electrons. The molecule has 4 rings (SSSR count). The summed E-state index contributed by atoms with van der Waals surface area (Å²) in [5.74, 6) is -0.679. The maximum absolute atomic E-state index is 14.3. The van der Waals surface area contributed by atoms with Crippen LogP contribution >= 0.6 is 23.4 Å². The van der Waals surface area contributed by atoms with E-state index in [1.54, 1.807) is 6.07 Å². The van der Waals surface area contributed by atoms with E-state index in [1.807, 2.05) is 0 Å². The lowest BCUT2D eigenvalue weighted by molar-refractivity contribution is 0.585. The van der Waals surface area contributed by atoms with Gasteiger partial charge in [0.25, 0.3) is 0 Å². The molecular formula is C16H10ClF2N3OS. The van der Waals surface area contributed by atoms with E-state index in [0.717, 1.165) is 6.07 Å². The molecule has 0 bridgehead atoms. The average Bonchev–Trinajstić information content (AvgIpc) is 2.53. The smallest absolute Gasteiger partial charge is 0.350 e. The minimum Gasteiger partial charge on any atom is -0.383 e. The van der Waals surface area contributed by atoms with Crippen molar-refractivity contribution >= 4 is 40.1 Å². The lowest BCUT2D eigenvalue weighted by atomic mass is 10.0. The Labute approximate surface area is 144 Å². The van der Waals surface area contributed by atoms with Crippen LogP contribution in [0.5, 0.6) is 0 Å². The van der Waals surface area contributed by atoms with Gasteiger partial charge < -0.3 is 5.73 Å². The van der Waals surface area contributed by atoms with Crippen molar-refractivity contribution in [2.75, 3.05) is 11.5 Å². The number of hydrogen-bond acceptors (Lipinski definition) is 4. The Morgan fingerprint density at radius 2 is 2.08 bits per heavy atom. The highest BCUT2D eigenvalue weighted by molar-refractivity contribution is 7.99. The van der Waals surface area contributed by atoms with E-state index < -0.39 is 17.3 Å². The highest BCUT2D eigenvalue weighted by Gasteiger charge is 2.24. The SMILES string of the molecule is Nc1nc(=O)n2c3c(c(-c4ccc(F)cc4F)c(Cl)cc13)SCC2. The normalized spacial score (nSPS) is 13.5. The second-order valence-electron chi connectivity index (χ2n) is 5.36. The molecule has 0 aliphatic carbocycles. The third kappa shape index (κ3) is 2.19. The number of nitrogens with two attached hydrogens (primary N) is 1. The molecule has 1 aliphatic heterocycles. The molecule has 1 aromatic heterocycles. The van der Waals surface area contributed by atoms with Gasteiger partial charge in [0, 0.05) is 39.8 Å². The zero-order valence-corrected chi connectivity index (χ0v) is 13.7. The van der Waals surface area contributed by atoms with Crippen LogP contribution in [0.4, 0.5) is 14.6 Å². The summed E-state index contributed by atoms with van der Waals surface area (Å²) in [7, 11) is 0. The Kier molecular flexibility index (Phi) is 3.51. The van der Waals surface area contributed by atoms with Crippen molar-refractivity contribution < 1.29 is 8.78 Å². The van der Waals surface area contributed by atoms with Crippen molar-refractivity contribution in [1.29, 1.82) is 0 Å². The first-order chi connectivity index (χ1) is 11.5. The molecule has 0 unspecified atom stereocenters. The van der Waals surface area contributed by atoms with E-state index in [0.29, 0.717) is 33.7 Å². The number of rotatable bonds is 1. The number of thioether (sulfide) groups is 1. The molecule has 24 heavy (non-hydrogen) atoms. The van der Waals surface area contributed by atoms with Gasteiger partial charge in [0.15, 0.2) is 0 Å². The molecule has 0 spiro atoms. The van der Waals surface area contributed by atoms with Crippen molar-refractivity contribution in [3.63, 3.8) is 0 Å². The predicted molar refractivity (Wildman–Crippen MR) is 91.5 cm³/mol. The molecule has 2 heterocycles. The monoisotopic (exact) mass is 365 g/mol. The van der Waals surface area contributed by atoms with Gasteiger partial charge in [-0.1, -0.05) is 11.6 Å². The van der Waals surface area contributed by atoms with Gasteiger partial charge in [-0.15, -0.1) is 11.8 Å². The number of nitrogens with zero attached hydrogens (tertiary/aromatic N) is 2. The summed E-state index contributed by atoms with van der Waals surface area (Å²) in [6.45, 7) is 0.479. The quantitative estimate of drug-likeness (QED) is 0.714.